The molecule has 10 nitrogen and oxygen atoms in total. The van der Waals surface area contributed by atoms with E-state index in [2.05, 4.69) is 26.8 Å². The van der Waals surface area contributed by atoms with Crippen LogP contribution in [0, 0.1) is 16.7 Å². The van der Waals surface area contributed by atoms with Gasteiger partial charge in [0.15, 0.2) is 11.4 Å². The fraction of sp³-hybridized carbons (Fsp3) is 0.517. The van der Waals surface area contributed by atoms with E-state index in [0.717, 1.165) is 0 Å². The molecule has 1 saturated heterocycles. The number of carbonyl (C=O) groups is 1. The molecule has 4 rings (SSSR count). The van der Waals surface area contributed by atoms with E-state index in [1.54, 1.807) is 40.7 Å². The second kappa shape index (κ2) is 11.1. The smallest absolute Gasteiger partial charge is 0.407 e. The summed E-state index contributed by atoms with van der Waals surface area (Å²) in [5, 5.41) is 30.3. The number of H-pyrrole nitrogens is 1. The first kappa shape index (κ1) is 31.1. The zero-order valence-electron chi connectivity index (χ0n) is 24.1. The number of fused-ring (bicyclic) bond motifs is 1. The molecule has 3 unspecified atom stereocenters. The number of ether oxygens (including phenoxy) is 1. The minimum Gasteiger partial charge on any atom is -0.479 e. The van der Waals surface area contributed by atoms with Crippen molar-refractivity contribution >= 4 is 28.4 Å². The summed E-state index contributed by atoms with van der Waals surface area (Å²) in [6, 6.07) is 7.18. The van der Waals surface area contributed by atoms with Crippen LogP contribution in [-0.2, 0) is 15.1 Å². The number of pyridine rings is 1. The lowest BCUT2D eigenvalue weighted by atomic mass is 9.69. The highest BCUT2D eigenvalue weighted by atomic mass is 19.4. The molecule has 1 fully saturated rings. The molecule has 0 bridgehead atoms. The number of nitriles is 1. The van der Waals surface area contributed by atoms with Gasteiger partial charge >= 0.3 is 12.1 Å². The normalized spacial score (nSPS) is 22.2. The second-order valence-electron chi connectivity index (χ2n) is 12.1. The summed E-state index contributed by atoms with van der Waals surface area (Å²) in [6.07, 6.45) is -2.77. The summed E-state index contributed by atoms with van der Waals surface area (Å²) in [6.45, 7) is 8.48. The number of alkyl halides is 3. The number of hydrogen-bond donors (Lipinski definition) is 4. The van der Waals surface area contributed by atoms with Crippen molar-refractivity contribution in [3.63, 3.8) is 0 Å². The number of rotatable bonds is 8. The number of aromatic nitrogens is 3. The summed E-state index contributed by atoms with van der Waals surface area (Å²) in [5.41, 5.74) is -2.93. The highest BCUT2D eigenvalue weighted by Crippen LogP contribution is 2.47. The van der Waals surface area contributed by atoms with E-state index in [-0.39, 0.29) is 42.6 Å². The third-order valence-corrected chi connectivity index (χ3v) is 7.88. The van der Waals surface area contributed by atoms with E-state index in [1.165, 1.54) is 35.1 Å². The fourth-order valence-corrected chi connectivity index (χ4v) is 5.56. The van der Waals surface area contributed by atoms with Gasteiger partial charge in [0.2, 0.25) is 0 Å². The van der Waals surface area contributed by atoms with Crippen molar-refractivity contribution in [1.82, 2.24) is 20.1 Å². The molecule has 1 aliphatic heterocycles. The molecule has 2 aromatic heterocycles. The first-order valence-electron chi connectivity index (χ1n) is 13.6. The van der Waals surface area contributed by atoms with Crippen LogP contribution in [0.4, 0.5) is 24.7 Å². The summed E-state index contributed by atoms with van der Waals surface area (Å²) >= 11 is 0. The lowest BCUT2D eigenvalue weighted by Crippen LogP contribution is -2.59. The minimum absolute atomic E-state index is 0.0306. The van der Waals surface area contributed by atoms with Gasteiger partial charge in [-0.25, -0.2) is 4.79 Å². The van der Waals surface area contributed by atoms with Gasteiger partial charge < -0.3 is 25.5 Å². The van der Waals surface area contributed by atoms with Crippen LogP contribution in [0.5, 0.6) is 0 Å². The molecule has 4 N–H and O–H groups in total. The Morgan fingerprint density at radius 3 is 2.38 bits per heavy atom. The number of aromatic amines is 1. The average molecular weight is 589 g/mol. The molecule has 0 amide bonds. The Kier molecular flexibility index (Phi) is 8.19. The van der Waals surface area contributed by atoms with Crippen molar-refractivity contribution in [2.45, 2.75) is 83.3 Å². The van der Waals surface area contributed by atoms with Gasteiger partial charge in [-0.1, -0.05) is 46.8 Å². The Morgan fingerprint density at radius 2 is 1.88 bits per heavy atom. The van der Waals surface area contributed by atoms with Crippen LogP contribution in [0.25, 0.3) is 10.9 Å². The van der Waals surface area contributed by atoms with E-state index in [4.69, 9.17) is 4.74 Å². The molecule has 13 heteroatoms. The number of hydrogen-bond acceptors (Lipinski definition) is 7. The zero-order chi connectivity index (χ0) is 31.1. The first-order chi connectivity index (χ1) is 19.5. The molecule has 3 aromatic rings. The number of aliphatic carboxylic acids is 1. The third-order valence-electron chi connectivity index (χ3n) is 7.88. The molecular weight excluding hydrogens is 553 g/mol. The average Bonchev–Trinajstić information content (AvgIpc) is 3.27. The van der Waals surface area contributed by atoms with Crippen molar-refractivity contribution < 1.29 is 27.8 Å². The van der Waals surface area contributed by atoms with Gasteiger partial charge in [0.05, 0.1) is 30.2 Å². The molecule has 3 heterocycles. The van der Waals surface area contributed by atoms with Crippen LogP contribution < -0.4 is 16.2 Å². The van der Waals surface area contributed by atoms with E-state index < -0.39 is 46.3 Å². The topological polar surface area (TPSA) is 145 Å². The van der Waals surface area contributed by atoms with Gasteiger partial charge in [-0.2, -0.15) is 23.5 Å². The van der Waals surface area contributed by atoms with Crippen molar-refractivity contribution in [1.29, 1.82) is 5.26 Å². The van der Waals surface area contributed by atoms with Crippen molar-refractivity contribution in [2.24, 2.45) is 5.41 Å². The van der Waals surface area contributed by atoms with Gasteiger partial charge in [-0.3, -0.25) is 9.48 Å². The maximum Gasteiger partial charge on any atom is 0.407 e. The van der Waals surface area contributed by atoms with Gasteiger partial charge in [-0.15, -0.1) is 0 Å². The molecule has 3 atom stereocenters. The first-order valence-corrected chi connectivity index (χ1v) is 13.6. The van der Waals surface area contributed by atoms with Gasteiger partial charge in [-0.05, 0) is 36.6 Å². The van der Waals surface area contributed by atoms with Crippen molar-refractivity contribution in [3.8, 4) is 6.07 Å². The summed E-state index contributed by atoms with van der Waals surface area (Å²) in [4.78, 5) is 27.9. The minimum atomic E-state index is -4.50. The standard InChI is InChI=1S/C29H35F3N6O4/c1-17(2)35-22(29(30,31)32)18-6-8-19(9-7-18)36-23-21-20(10-15-34-24(21)39)38(37-23)27(13-14-33)11-12-28(25(40)41,42-16-27)26(3,4)5/h6-10,15,17,22,35H,11-13,16H2,1-5H3,(H,34,39)(H,36,37)(H,40,41). The third kappa shape index (κ3) is 5.61. The number of carboxylic acids is 1. The van der Waals surface area contributed by atoms with E-state index in [1.807, 2.05) is 0 Å². The lowest BCUT2D eigenvalue weighted by Gasteiger charge is -2.49. The Bertz CT molecular complexity index is 1540. The maximum absolute atomic E-state index is 13.7. The van der Waals surface area contributed by atoms with Gasteiger partial charge in [0.25, 0.3) is 5.56 Å². The summed E-state index contributed by atoms with van der Waals surface area (Å²) in [5.74, 6) is -0.958. The molecule has 0 radical (unpaired) electrons. The Balaban J connectivity index is 1.73. The fourth-order valence-electron chi connectivity index (χ4n) is 5.56. The SMILES string of the molecule is CC(C)NC(c1ccc(Nc2nn(C3(CC#N)CCC(C(=O)O)(C(C)(C)C)OC3)c3cc[nH]c(=O)c23)cc1)C(F)(F)F. The number of benzene rings is 1. The molecule has 1 aromatic carbocycles. The molecule has 0 saturated carbocycles. The Hall–Kier alpha value is -3.89. The second-order valence-corrected chi connectivity index (χ2v) is 12.1. The number of nitrogens with one attached hydrogen (secondary N) is 3. The molecular formula is C29H35F3N6O4. The molecule has 1 aliphatic rings. The molecule has 42 heavy (non-hydrogen) atoms. The van der Waals surface area contributed by atoms with Gasteiger partial charge in [0.1, 0.15) is 11.4 Å². The largest absolute Gasteiger partial charge is 0.479 e. The molecule has 0 spiro atoms. The van der Waals surface area contributed by atoms with Crippen LogP contribution in [0.1, 0.15) is 65.5 Å². The maximum atomic E-state index is 13.7. The van der Waals surface area contributed by atoms with E-state index >= 15 is 0 Å². The monoisotopic (exact) mass is 588 g/mol. The predicted octanol–water partition coefficient (Wildman–Crippen LogP) is 5.36. The highest BCUT2D eigenvalue weighted by molar-refractivity contribution is 5.91. The lowest BCUT2D eigenvalue weighted by molar-refractivity contribution is -0.206. The highest BCUT2D eigenvalue weighted by Gasteiger charge is 2.56. The van der Waals surface area contributed by atoms with Crippen LogP contribution in [0.3, 0.4) is 0 Å². The Labute approximate surface area is 240 Å². The summed E-state index contributed by atoms with van der Waals surface area (Å²) in [7, 11) is 0. The van der Waals surface area contributed by atoms with Gasteiger partial charge in [0, 0.05) is 23.3 Å². The van der Waals surface area contributed by atoms with Crippen LogP contribution in [-0.4, -0.2) is 50.3 Å². The van der Waals surface area contributed by atoms with Crippen LogP contribution >= 0.6 is 0 Å². The van der Waals surface area contributed by atoms with E-state index in [0.29, 0.717) is 11.2 Å². The number of carboxylic acid groups (broad SMARTS) is 1. The van der Waals surface area contributed by atoms with Crippen LogP contribution in [0.2, 0.25) is 0 Å². The molecule has 226 valence electrons. The zero-order valence-corrected chi connectivity index (χ0v) is 24.1. The number of anilines is 2. The van der Waals surface area contributed by atoms with E-state index in [9.17, 15) is 33.1 Å². The quantitative estimate of drug-likeness (QED) is 0.275. The Morgan fingerprint density at radius 1 is 1.21 bits per heavy atom. The number of halogens is 3. The predicted molar refractivity (Wildman–Crippen MR) is 150 cm³/mol. The molecule has 0 aliphatic carbocycles. The van der Waals surface area contributed by atoms with Crippen LogP contribution in [0.15, 0.2) is 41.3 Å². The number of nitrogens with zero attached hydrogens (tertiary/aromatic N) is 3. The van der Waals surface area contributed by atoms with Crippen molar-refractivity contribution in [2.75, 3.05) is 11.9 Å². The van der Waals surface area contributed by atoms with Crippen molar-refractivity contribution in [3.05, 3.63) is 52.4 Å². The summed E-state index contributed by atoms with van der Waals surface area (Å²) < 4.78 is 48.7.